The van der Waals surface area contributed by atoms with Crippen LogP contribution >= 0.6 is 0 Å². The lowest BCUT2D eigenvalue weighted by atomic mass is 9.78. The smallest absolute Gasteiger partial charge is 0.346 e. The number of nitrogens with two attached hydrogens (primary N) is 1. The second-order valence-electron chi connectivity index (χ2n) is 4.20. The number of amidine groups is 1. The number of rotatable bonds is 2. The van der Waals surface area contributed by atoms with Crippen LogP contribution in [0, 0.1) is 18.3 Å². The molecule has 4 nitrogen and oxygen atoms in total. The summed E-state index contributed by atoms with van der Waals surface area (Å²) in [6.45, 7) is 1.83. The van der Waals surface area contributed by atoms with Gasteiger partial charge in [0, 0.05) is 0 Å². The van der Waals surface area contributed by atoms with Crippen molar-refractivity contribution in [2.45, 2.75) is 38.3 Å². The van der Waals surface area contributed by atoms with Crippen LogP contribution in [0.1, 0.15) is 26.2 Å². The Balaban J connectivity index is 2.21. The first-order valence-electron chi connectivity index (χ1n) is 5.27. The number of carbonyl (C=O) groups is 1. The minimum absolute atomic E-state index is 0.0581. The molecule has 1 aliphatic carbocycles. The number of urea groups is 1. The van der Waals surface area contributed by atoms with E-state index in [1.54, 1.807) is 4.90 Å². The molecule has 2 atom stereocenters. The average molecular weight is 205 g/mol. The van der Waals surface area contributed by atoms with Crippen molar-refractivity contribution in [1.29, 1.82) is 0 Å². The van der Waals surface area contributed by atoms with E-state index in [2.05, 4.69) is 10.9 Å². The van der Waals surface area contributed by atoms with Crippen LogP contribution in [0.4, 0.5) is 4.79 Å². The van der Waals surface area contributed by atoms with E-state index in [1.165, 1.54) is 6.42 Å². The molecular weight excluding hydrogens is 190 g/mol. The summed E-state index contributed by atoms with van der Waals surface area (Å²) in [5, 5.41) is 0. The normalized spacial score (nSPS) is 28.3. The monoisotopic (exact) mass is 205 g/mol. The molecule has 0 aromatic rings. The second-order valence-corrected chi connectivity index (χ2v) is 4.20. The molecule has 1 saturated carbocycles. The van der Waals surface area contributed by atoms with Gasteiger partial charge in [-0.25, -0.2) is 4.79 Å². The number of terminal acetylenes is 1. The number of hydrogen-bond donors (Lipinski definition) is 1. The van der Waals surface area contributed by atoms with E-state index < -0.39 is 0 Å². The van der Waals surface area contributed by atoms with Crippen LogP contribution in [0.15, 0.2) is 4.99 Å². The van der Waals surface area contributed by atoms with Gasteiger partial charge in [-0.15, -0.1) is 6.42 Å². The van der Waals surface area contributed by atoms with Gasteiger partial charge >= 0.3 is 6.03 Å². The van der Waals surface area contributed by atoms with Crippen molar-refractivity contribution in [3.8, 4) is 12.3 Å². The molecule has 1 fully saturated rings. The third-order valence-electron chi connectivity index (χ3n) is 3.30. The van der Waals surface area contributed by atoms with Gasteiger partial charge in [0.1, 0.15) is 5.84 Å². The Morgan fingerprint density at radius 2 is 2.33 bits per heavy atom. The van der Waals surface area contributed by atoms with Gasteiger partial charge in [-0.3, -0.25) is 4.90 Å². The number of hydrogen-bond acceptors (Lipinski definition) is 2. The standard InChI is InChI=1S/C11H15N3O/c1-3-7(2)14-9(8-5-4-6-8)10(12)13-11(14)15/h1,7-9H,4-6H2,2H3,(H2,12,13,15). The summed E-state index contributed by atoms with van der Waals surface area (Å²) in [5.74, 6) is 3.46. The zero-order valence-corrected chi connectivity index (χ0v) is 8.81. The molecule has 2 aliphatic rings. The maximum atomic E-state index is 11.6. The molecule has 0 spiro atoms. The van der Waals surface area contributed by atoms with Gasteiger partial charge in [0.2, 0.25) is 0 Å². The summed E-state index contributed by atoms with van der Waals surface area (Å²) in [6.07, 6.45) is 8.78. The van der Waals surface area contributed by atoms with E-state index in [0.717, 1.165) is 12.8 Å². The average Bonchev–Trinajstić information content (AvgIpc) is 2.39. The summed E-state index contributed by atoms with van der Waals surface area (Å²) in [7, 11) is 0. The van der Waals surface area contributed by atoms with Crippen LogP contribution in [0.5, 0.6) is 0 Å². The molecule has 4 heteroatoms. The molecule has 2 N–H and O–H groups in total. The molecule has 2 rings (SSSR count). The Hall–Kier alpha value is -1.50. The molecule has 2 unspecified atom stereocenters. The third kappa shape index (κ3) is 1.48. The van der Waals surface area contributed by atoms with Crippen molar-refractivity contribution in [3.05, 3.63) is 0 Å². The number of carbonyl (C=O) groups excluding carboxylic acids is 1. The Bertz CT molecular complexity index is 351. The lowest BCUT2D eigenvalue weighted by Crippen LogP contribution is -2.50. The first kappa shape index (κ1) is 10.0. The SMILES string of the molecule is C#CC(C)N1C(=O)N=C(N)C1C1CCC1. The molecular formula is C11H15N3O. The van der Waals surface area contributed by atoms with E-state index in [1.807, 2.05) is 6.92 Å². The molecule has 80 valence electrons. The Labute approximate surface area is 89.5 Å². The number of nitrogens with zero attached hydrogens (tertiary/aromatic N) is 2. The van der Waals surface area contributed by atoms with Crippen LogP contribution in [-0.2, 0) is 0 Å². The molecule has 1 heterocycles. The quantitative estimate of drug-likeness (QED) is 0.683. The first-order chi connectivity index (χ1) is 7.15. The highest BCUT2D eigenvalue weighted by Crippen LogP contribution is 2.35. The molecule has 0 aromatic heterocycles. The zero-order valence-electron chi connectivity index (χ0n) is 8.81. The minimum atomic E-state index is -0.283. The molecule has 1 aliphatic heterocycles. The molecule has 0 saturated heterocycles. The van der Waals surface area contributed by atoms with Gasteiger partial charge in [0.05, 0.1) is 12.1 Å². The Kier molecular flexibility index (Phi) is 2.39. The lowest BCUT2D eigenvalue weighted by molar-refractivity contribution is 0.150. The predicted octanol–water partition coefficient (Wildman–Crippen LogP) is 0.970. The van der Waals surface area contributed by atoms with E-state index in [4.69, 9.17) is 12.2 Å². The van der Waals surface area contributed by atoms with Crippen molar-refractivity contribution in [2.24, 2.45) is 16.6 Å². The van der Waals surface area contributed by atoms with Crippen LogP contribution in [-0.4, -0.2) is 28.9 Å². The fourth-order valence-corrected chi connectivity index (χ4v) is 2.21. The van der Waals surface area contributed by atoms with E-state index in [9.17, 15) is 4.79 Å². The largest absolute Gasteiger partial charge is 0.385 e. The topological polar surface area (TPSA) is 58.7 Å². The van der Waals surface area contributed by atoms with Crippen LogP contribution in [0.3, 0.4) is 0 Å². The molecule has 0 radical (unpaired) electrons. The molecule has 2 amide bonds. The summed E-state index contributed by atoms with van der Waals surface area (Å²) in [5.41, 5.74) is 5.78. The molecule has 15 heavy (non-hydrogen) atoms. The highest BCUT2D eigenvalue weighted by Gasteiger charge is 2.42. The third-order valence-corrected chi connectivity index (χ3v) is 3.30. The minimum Gasteiger partial charge on any atom is -0.385 e. The summed E-state index contributed by atoms with van der Waals surface area (Å²) >= 11 is 0. The molecule has 0 bridgehead atoms. The van der Waals surface area contributed by atoms with Gasteiger partial charge in [-0.2, -0.15) is 4.99 Å². The van der Waals surface area contributed by atoms with Crippen LogP contribution in [0.2, 0.25) is 0 Å². The summed E-state index contributed by atoms with van der Waals surface area (Å²) in [4.78, 5) is 17.1. The van der Waals surface area contributed by atoms with Crippen molar-refractivity contribution in [1.82, 2.24) is 4.90 Å². The van der Waals surface area contributed by atoms with Gasteiger partial charge in [0.15, 0.2) is 0 Å². The summed E-state index contributed by atoms with van der Waals surface area (Å²) in [6, 6.07) is -0.569. The Morgan fingerprint density at radius 1 is 1.67 bits per heavy atom. The second kappa shape index (κ2) is 3.58. The number of amides is 2. The zero-order chi connectivity index (χ0) is 11.0. The van der Waals surface area contributed by atoms with Gasteiger partial charge in [-0.05, 0) is 25.7 Å². The summed E-state index contributed by atoms with van der Waals surface area (Å²) < 4.78 is 0. The Morgan fingerprint density at radius 3 is 2.80 bits per heavy atom. The van der Waals surface area contributed by atoms with Crippen LogP contribution < -0.4 is 5.73 Å². The van der Waals surface area contributed by atoms with Crippen LogP contribution in [0.25, 0.3) is 0 Å². The van der Waals surface area contributed by atoms with Crippen molar-refractivity contribution >= 4 is 11.9 Å². The first-order valence-corrected chi connectivity index (χ1v) is 5.27. The van der Waals surface area contributed by atoms with E-state index in [0.29, 0.717) is 11.8 Å². The lowest BCUT2D eigenvalue weighted by Gasteiger charge is -2.37. The van der Waals surface area contributed by atoms with E-state index in [-0.39, 0.29) is 18.1 Å². The highest BCUT2D eigenvalue weighted by molar-refractivity contribution is 6.03. The fourth-order valence-electron chi connectivity index (χ4n) is 2.21. The van der Waals surface area contributed by atoms with Gasteiger partial charge in [-0.1, -0.05) is 12.3 Å². The number of aliphatic imine (C=N–C) groups is 1. The van der Waals surface area contributed by atoms with Crippen molar-refractivity contribution in [2.75, 3.05) is 0 Å². The highest BCUT2D eigenvalue weighted by atomic mass is 16.2. The van der Waals surface area contributed by atoms with Crippen molar-refractivity contribution < 1.29 is 4.79 Å². The van der Waals surface area contributed by atoms with Crippen molar-refractivity contribution in [3.63, 3.8) is 0 Å². The van der Waals surface area contributed by atoms with Gasteiger partial charge in [0.25, 0.3) is 0 Å². The maximum absolute atomic E-state index is 11.6. The molecule has 0 aromatic carbocycles. The fraction of sp³-hybridized carbons (Fsp3) is 0.636. The van der Waals surface area contributed by atoms with Gasteiger partial charge < -0.3 is 5.73 Å². The predicted molar refractivity (Wildman–Crippen MR) is 58.3 cm³/mol. The maximum Gasteiger partial charge on any atom is 0.346 e. The van der Waals surface area contributed by atoms with E-state index >= 15 is 0 Å².